The molecule has 24 heteroatoms. The summed E-state index contributed by atoms with van der Waals surface area (Å²) in [4.78, 5) is 89.9. The predicted octanol–water partition coefficient (Wildman–Crippen LogP) is 2.25. The number of fused-ring (bicyclic) bond motifs is 2. The Hall–Kier alpha value is -6.47. The number of hydrogen-bond donors (Lipinski definition) is 5. The van der Waals surface area contributed by atoms with Crippen molar-refractivity contribution in [3.05, 3.63) is 75.8 Å². The van der Waals surface area contributed by atoms with Crippen LogP contribution in [0.15, 0.2) is 42.5 Å². The zero-order valence-corrected chi connectivity index (χ0v) is 40.1. The van der Waals surface area contributed by atoms with Gasteiger partial charge in [0.15, 0.2) is 5.82 Å². The third kappa shape index (κ3) is 12.6. The minimum Gasteiger partial charge on any atom is -0.507 e. The number of nitrogens with one attached hydrogen (secondary N) is 2. The second-order valence-corrected chi connectivity index (χ2v) is 17.4. The first-order chi connectivity index (χ1) is 34.7. The zero-order valence-electron chi connectivity index (χ0n) is 39.4. The summed E-state index contributed by atoms with van der Waals surface area (Å²) in [5.74, 6) is -5.59. The number of nitrogens with zero attached hydrogens (tertiary/aromatic N) is 6. The smallest absolute Gasteiger partial charge is 0.279 e. The molecule has 0 aliphatic carbocycles. The Morgan fingerprint density at radius 2 is 1.54 bits per heavy atom. The van der Waals surface area contributed by atoms with Crippen molar-refractivity contribution < 1.29 is 71.8 Å². The number of imide groups is 2. The molecule has 386 valence electrons. The van der Waals surface area contributed by atoms with Crippen molar-refractivity contribution in [3.8, 4) is 16.9 Å². The Labute approximate surface area is 416 Å². The SMILES string of the molecule is CN(CCOCCOCCOCCOCCCc1cccc2c1C(=O)N(C1CCC(=O)NC1=O)C2=O)C(=O)CCNc1nc(N2CCN(C(=O)C(O)O)CC2)c2cc(Cl)c(-c3c(O)cccc3F)c(F)c2n1. The number of aromatic nitrogens is 2. The highest BCUT2D eigenvalue weighted by molar-refractivity contribution is 6.34. The van der Waals surface area contributed by atoms with Crippen LogP contribution >= 0.6 is 11.6 Å². The summed E-state index contributed by atoms with van der Waals surface area (Å²) in [5.41, 5.74) is 0.0920. The van der Waals surface area contributed by atoms with Gasteiger partial charge in [-0.2, -0.15) is 4.98 Å². The number of phenolic OH excluding ortho intramolecular Hbond substituents is 1. The first-order valence-corrected chi connectivity index (χ1v) is 23.7. The third-order valence-corrected chi connectivity index (χ3v) is 12.5. The van der Waals surface area contributed by atoms with Crippen LogP contribution < -0.4 is 15.5 Å². The van der Waals surface area contributed by atoms with E-state index in [9.17, 15) is 48.5 Å². The van der Waals surface area contributed by atoms with E-state index in [1.165, 1.54) is 28.0 Å². The number of rotatable bonds is 24. The van der Waals surface area contributed by atoms with E-state index in [0.29, 0.717) is 58.0 Å². The van der Waals surface area contributed by atoms with E-state index >= 15 is 4.39 Å². The van der Waals surface area contributed by atoms with Gasteiger partial charge in [-0.25, -0.2) is 13.8 Å². The van der Waals surface area contributed by atoms with E-state index < -0.39 is 70.4 Å². The summed E-state index contributed by atoms with van der Waals surface area (Å²) in [5, 5.41) is 34.3. The van der Waals surface area contributed by atoms with Gasteiger partial charge in [-0.1, -0.05) is 29.8 Å². The molecule has 7 rings (SSSR count). The van der Waals surface area contributed by atoms with Gasteiger partial charge in [0.2, 0.25) is 30.0 Å². The summed E-state index contributed by atoms with van der Waals surface area (Å²) in [6.45, 7) is 3.37. The van der Waals surface area contributed by atoms with Crippen molar-refractivity contribution in [3.63, 3.8) is 0 Å². The number of aromatic hydroxyl groups is 1. The van der Waals surface area contributed by atoms with E-state index in [2.05, 4.69) is 20.6 Å². The number of piperidine rings is 1. The summed E-state index contributed by atoms with van der Waals surface area (Å²) in [7, 11) is 1.62. The molecule has 5 N–H and O–H groups in total. The van der Waals surface area contributed by atoms with E-state index in [4.69, 9.17) is 30.5 Å². The molecule has 3 aromatic carbocycles. The Balaban J connectivity index is 0.777. The Kier molecular flexibility index (Phi) is 18.4. The summed E-state index contributed by atoms with van der Waals surface area (Å²) >= 11 is 6.53. The molecule has 3 aliphatic rings. The van der Waals surface area contributed by atoms with Gasteiger partial charge in [0.1, 0.15) is 28.9 Å². The second kappa shape index (κ2) is 24.8. The molecule has 0 radical (unpaired) electrons. The van der Waals surface area contributed by atoms with Crippen LogP contribution in [0.25, 0.3) is 22.0 Å². The number of aliphatic hydroxyl groups is 2. The maximum Gasteiger partial charge on any atom is 0.279 e. The number of amides is 6. The number of aliphatic hydroxyl groups excluding tert-OH is 1. The van der Waals surface area contributed by atoms with Crippen molar-refractivity contribution >= 4 is 69.7 Å². The van der Waals surface area contributed by atoms with E-state index in [-0.39, 0.29) is 116 Å². The van der Waals surface area contributed by atoms with Crippen molar-refractivity contribution in [1.82, 2.24) is 30.0 Å². The van der Waals surface area contributed by atoms with Crippen molar-refractivity contribution in [2.45, 2.75) is 44.4 Å². The minimum atomic E-state index is -2.17. The second-order valence-electron chi connectivity index (χ2n) is 17.0. The van der Waals surface area contributed by atoms with Gasteiger partial charge in [-0.05, 0) is 49.1 Å². The van der Waals surface area contributed by atoms with Crippen LogP contribution in [-0.4, -0.2) is 187 Å². The fraction of sp³-hybridized carbons (Fsp3) is 0.458. The molecule has 1 unspecified atom stereocenters. The van der Waals surface area contributed by atoms with Gasteiger partial charge in [-0.3, -0.25) is 39.0 Å². The quantitative estimate of drug-likeness (QED) is 0.0383. The minimum absolute atomic E-state index is 0.00161. The predicted molar refractivity (Wildman–Crippen MR) is 254 cm³/mol. The van der Waals surface area contributed by atoms with Gasteiger partial charge < -0.3 is 54.3 Å². The van der Waals surface area contributed by atoms with E-state index in [1.807, 2.05) is 0 Å². The molecule has 6 amide bonds. The number of benzene rings is 3. The van der Waals surface area contributed by atoms with Crippen LogP contribution in [-0.2, 0) is 44.5 Å². The van der Waals surface area contributed by atoms with Crippen LogP contribution in [0.3, 0.4) is 0 Å². The van der Waals surface area contributed by atoms with Crippen molar-refractivity contribution in [2.24, 2.45) is 0 Å². The number of halogens is 3. The number of anilines is 2. The van der Waals surface area contributed by atoms with Crippen LogP contribution in [0.4, 0.5) is 20.5 Å². The number of piperazine rings is 1. The molecule has 21 nitrogen and oxygen atoms in total. The topological polar surface area (TPSA) is 263 Å². The average Bonchev–Trinajstić information content (AvgIpc) is 3.61. The van der Waals surface area contributed by atoms with Crippen LogP contribution in [0, 0.1) is 11.6 Å². The highest BCUT2D eigenvalue weighted by atomic mass is 35.5. The number of carbonyl (C=O) groups is 6. The fourth-order valence-electron chi connectivity index (χ4n) is 8.51. The molecule has 4 aromatic rings. The van der Waals surface area contributed by atoms with Crippen molar-refractivity contribution in [1.29, 1.82) is 0 Å². The summed E-state index contributed by atoms with van der Waals surface area (Å²) in [6, 6.07) is 8.89. The molecule has 72 heavy (non-hydrogen) atoms. The lowest BCUT2D eigenvalue weighted by atomic mass is 9.99. The highest BCUT2D eigenvalue weighted by Crippen LogP contribution is 2.42. The first kappa shape index (κ1) is 53.3. The maximum absolute atomic E-state index is 16.4. The summed E-state index contributed by atoms with van der Waals surface area (Å²) < 4.78 is 53.8. The average molecular weight is 1030 g/mol. The number of phenols is 1. The Bertz CT molecular complexity index is 2650. The lowest BCUT2D eigenvalue weighted by Crippen LogP contribution is -2.54. The van der Waals surface area contributed by atoms with Crippen molar-refractivity contribution in [2.75, 3.05) is 109 Å². The lowest BCUT2D eigenvalue weighted by molar-refractivity contribution is -0.159. The molecule has 0 spiro atoms. The molecule has 0 saturated carbocycles. The normalized spacial score (nSPS) is 16.0. The molecule has 3 aliphatic heterocycles. The van der Waals surface area contributed by atoms with Gasteiger partial charge in [-0.15, -0.1) is 0 Å². The van der Waals surface area contributed by atoms with E-state index in [0.717, 1.165) is 11.0 Å². The molecule has 2 saturated heterocycles. The zero-order chi connectivity index (χ0) is 51.5. The number of hydrogen-bond acceptors (Lipinski definition) is 17. The number of aryl methyl sites for hydroxylation is 1. The largest absolute Gasteiger partial charge is 0.507 e. The maximum atomic E-state index is 16.4. The Morgan fingerprint density at radius 3 is 2.21 bits per heavy atom. The van der Waals surface area contributed by atoms with Crippen LogP contribution in [0.5, 0.6) is 5.75 Å². The first-order valence-electron chi connectivity index (χ1n) is 23.4. The van der Waals surface area contributed by atoms with Crippen LogP contribution in [0.2, 0.25) is 5.02 Å². The molecular formula is C48H55ClF2N8O13. The molecule has 1 atom stereocenters. The molecule has 2 fully saturated rings. The van der Waals surface area contributed by atoms with Gasteiger partial charge in [0.05, 0.1) is 68.0 Å². The summed E-state index contributed by atoms with van der Waals surface area (Å²) in [6.07, 6.45) is -0.984. The van der Waals surface area contributed by atoms with E-state index in [1.54, 1.807) is 30.1 Å². The number of ether oxygens (including phenoxy) is 4. The Morgan fingerprint density at radius 1 is 0.875 bits per heavy atom. The molecule has 0 bridgehead atoms. The molecular weight excluding hydrogens is 970 g/mol. The van der Waals surface area contributed by atoms with Gasteiger partial charge in [0.25, 0.3) is 17.7 Å². The third-order valence-electron chi connectivity index (χ3n) is 12.2. The fourth-order valence-corrected chi connectivity index (χ4v) is 8.80. The molecule has 4 heterocycles. The molecule has 1 aromatic heterocycles. The lowest BCUT2D eigenvalue weighted by Gasteiger charge is -2.36. The standard InChI is InChI=1S/C48H55ClF2N8O13/c1-56(18-20-70-22-24-72-26-25-71-23-21-69-19-4-6-28-5-2-7-29-37(28)45(65)59(44(29)64)33-10-11-35(61)53-43(33)63)36(62)12-13-52-48-54-41-30(42(55-48)57-14-16-58(17-15-57)46(66)47(67)68)27-31(49)38(40(41)51)39-32(50)8-3-9-34(39)60/h2-3,5,7-9,27,33,47,60,67-68H,4,6,10-26H2,1H3,(H,52,54,55)(H,53,61,63). The number of carbonyl (C=O) groups excluding carboxylic acids is 6. The highest BCUT2D eigenvalue weighted by Gasteiger charge is 2.45. The number of likely N-dealkylation sites (N-methyl/N-ethyl adjacent to an activating group) is 1. The monoisotopic (exact) mass is 1020 g/mol. The van der Waals surface area contributed by atoms with Crippen LogP contribution in [0.1, 0.15) is 52.0 Å². The van der Waals surface area contributed by atoms with Gasteiger partial charge >= 0.3 is 0 Å². The van der Waals surface area contributed by atoms with Gasteiger partial charge in [0, 0.05) is 76.7 Å².